The Morgan fingerprint density at radius 1 is 1.28 bits per heavy atom. The second kappa shape index (κ2) is 4.40. The van der Waals surface area contributed by atoms with Gasteiger partial charge in [-0.25, -0.2) is 4.68 Å². The highest BCUT2D eigenvalue weighted by Crippen LogP contribution is 2.30. The molecule has 0 bridgehead atoms. The standard InChI is InChI=1S/C13H12F2N2O/c14-13(15)17-8-10(7-16-17)9-2-1-3-12(6-9)18-11-4-5-11/h1-3,6-8,11,13H,4-5H2. The van der Waals surface area contributed by atoms with Gasteiger partial charge in [-0.05, 0) is 30.5 Å². The molecule has 0 N–H and O–H groups in total. The number of hydrogen-bond acceptors (Lipinski definition) is 2. The Hall–Kier alpha value is -1.91. The van der Waals surface area contributed by atoms with Crippen molar-refractivity contribution in [1.29, 1.82) is 0 Å². The van der Waals surface area contributed by atoms with Crippen LogP contribution in [0.5, 0.6) is 5.75 Å². The van der Waals surface area contributed by atoms with Crippen LogP contribution in [0.1, 0.15) is 19.4 Å². The van der Waals surface area contributed by atoms with Gasteiger partial charge in [0.25, 0.3) is 0 Å². The molecule has 1 aromatic heterocycles. The summed E-state index contributed by atoms with van der Waals surface area (Å²) in [5.41, 5.74) is 1.50. The minimum absolute atomic E-state index is 0.323. The van der Waals surface area contributed by atoms with E-state index < -0.39 is 6.55 Å². The number of ether oxygens (including phenoxy) is 1. The van der Waals surface area contributed by atoms with Crippen molar-refractivity contribution in [3.63, 3.8) is 0 Å². The van der Waals surface area contributed by atoms with Crippen LogP contribution in [0.15, 0.2) is 36.7 Å². The lowest BCUT2D eigenvalue weighted by Crippen LogP contribution is -1.97. The van der Waals surface area contributed by atoms with Crippen LogP contribution >= 0.6 is 0 Å². The van der Waals surface area contributed by atoms with Gasteiger partial charge < -0.3 is 4.74 Å². The summed E-state index contributed by atoms with van der Waals surface area (Å²) < 4.78 is 31.2. The van der Waals surface area contributed by atoms with Gasteiger partial charge in [0.2, 0.25) is 0 Å². The van der Waals surface area contributed by atoms with E-state index in [1.54, 1.807) is 0 Å². The molecule has 1 aromatic carbocycles. The summed E-state index contributed by atoms with van der Waals surface area (Å²) in [7, 11) is 0. The summed E-state index contributed by atoms with van der Waals surface area (Å²) in [6, 6.07) is 7.43. The number of alkyl halides is 2. The molecular weight excluding hydrogens is 238 g/mol. The summed E-state index contributed by atoms with van der Waals surface area (Å²) in [5, 5.41) is 3.62. The molecule has 2 aromatic rings. The van der Waals surface area contributed by atoms with Gasteiger partial charge in [0, 0.05) is 11.8 Å². The molecule has 18 heavy (non-hydrogen) atoms. The molecule has 3 nitrogen and oxygen atoms in total. The molecular formula is C13H12F2N2O. The highest BCUT2D eigenvalue weighted by molar-refractivity contribution is 5.63. The fourth-order valence-corrected chi connectivity index (χ4v) is 1.72. The van der Waals surface area contributed by atoms with Crippen LogP contribution in [-0.2, 0) is 0 Å². The van der Waals surface area contributed by atoms with Gasteiger partial charge in [-0.15, -0.1) is 0 Å². The molecule has 0 radical (unpaired) electrons. The zero-order valence-corrected chi connectivity index (χ0v) is 9.59. The van der Waals surface area contributed by atoms with E-state index in [9.17, 15) is 8.78 Å². The monoisotopic (exact) mass is 250 g/mol. The lowest BCUT2D eigenvalue weighted by atomic mass is 10.1. The number of rotatable bonds is 4. The Labute approximate surface area is 103 Å². The topological polar surface area (TPSA) is 27.1 Å². The van der Waals surface area contributed by atoms with Gasteiger partial charge in [-0.2, -0.15) is 13.9 Å². The lowest BCUT2D eigenvalue weighted by molar-refractivity contribution is 0.0566. The minimum Gasteiger partial charge on any atom is -0.490 e. The summed E-state index contributed by atoms with van der Waals surface area (Å²) in [5.74, 6) is 0.778. The summed E-state index contributed by atoms with van der Waals surface area (Å²) in [4.78, 5) is 0. The second-order valence-corrected chi connectivity index (χ2v) is 4.33. The Balaban J connectivity index is 1.85. The average Bonchev–Trinajstić information content (AvgIpc) is 3.03. The quantitative estimate of drug-likeness (QED) is 0.830. The Bertz CT molecular complexity index is 549. The summed E-state index contributed by atoms with van der Waals surface area (Å²) >= 11 is 0. The Morgan fingerprint density at radius 3 is 2.78 bits per heavy atom. The third kappa shape index (κ3) is 2.34. The number of hydrogen-bond donors (Lipinski definition) is 0. The molecule has 1 saturated carbocycles. The van der Waals surface area contributed by atoms with Gasteiger partial charge in [-0.3, -0.25) is 0 Å². The van der Waals surface area contributed by atoms with Crippen LogP contribution in [0.4, 0.5) is 8.78 Å². The highest BCUT2D eigenvalue weighted by atomic mass is 19.3. The van der Waals surface area contributed by atoms with Crippen LogP contribution in [-0.4, -0.2) is 15.9 Å². The van der Waals surface area contributed by atoms with Crippen LogP contribution in [0.3, 0.4) is 0 Å². The molecule has 1 aliphatic rings. The van der Waals surface area contributed by atoms with E-state index in [4.69, 9.17) is 4.74 Å². The third-order valence-corrected chi connectivity index (χ3v) is 2.80. The first-order valence-electron chi connectivity index (χ1n) is 5.82. The molecule has 1 aliphatic carbocycles. The maximum atomic E-state index is 12.4. The SMILES string of the molecule is FC(F)n1cc(-c2cccc(OC3CC3)c2)cn1. The molecule has 0 atom stereocenters. The molecule has 5 heteroatoms. The van der Waals surface area contributed by atoms with Crippen molar-refractivity contribution in [3.05, 3.63) is 36.7 Å². The molecule has 0 saturated heterocycles. The van der Waals surface area contributed by atoms with Gasteiger partial charge in [0.1, 0.15) is 5.75 Å². The number of nitrogens with zero attached hydrogens (tertiary/aromatic N) is 2. The van der Waals surface area contributed by atoms with Crippen molar-refractivity contribution in [2.45, 2.75) is 25.5 Å². The largest absolute Gasteiger partial charge is 0.490 e. The first-order valence-corrected chi connectivity index (χ1v) is 5.82. The lowest BCUT2D eigenvalue weighted by Gasteiger charge is -2.05. The van der Waals surface area contributed by atoms with E-state index in [1.807, 2.05) is 24.3 Å². The Morgan fingerprint density at radius 2 is 2.11 bits per heavy atom. The predicted molar refractivity (Wildman–Crippen MR) is 62.6 cm³/mol. The van der Waals surface area contributed by atoms with Crippen LogP contribution in [0.2, 0.25) is 0 Å². The normalized spacial score (nSPS) is 15.1. The smallest absolute Gasteiger partial charge is 0.333 e. The number of aromatic nitrogens is 2. The highest BCUT2D eigenvalue weighted by Gasteiger charge is 2.23. The van der Waals surface area contributed by atoms with E-state index >= 15 is 0 Å². The molecule has 1 fully saturated rings. The minimum atomic E-state index is -2.61. The molecule has 0 amide bonds. The van der Waals surface area contributed by atoms with Crippen molar-refractivity contribution >= 4 is 0 Å². The number of benzene rings is 1. The zero-order chi connectivity index (χ0) is 12.5. The summed E-state index contributed by atoms with van der Waals surface area (Å²) in [6.45, 7) is -2.61. The molecule has 94 valence electrons. The van der Waals surface area contributed by atoms with Crippen molar-refractivity contribution in [1.82, 2.24) is 9.78 Å². The fourth-order valence-electron chi connectivity index (χ4n) is 1.72. The first-order chi connectivity index (χ1) is 8.72. The van der Waals surface area contributed by atoms with E-state index in [1.165, 1.54) is 12.4 Å². The van der Waals surface area contributed by atoms with Crippen molar-refractivity contribution in [2.75, 3.05) is 0 Å². The van der Waals surface area contributed by atoms with Crippen molar-refractivity contribution < 1.29 is 13.5 Å². The number of halogens is 2. The Kier molecular flexibility index (Phi) is 2.74. The van der Waals surface area contributed by atoms with E-state index in [2.05, 4.69) is 5.10 Å². The van der Waals surface area contributed by atoms with Crippen molar-refractivity contribution in [2.24, 2.45) is 0 Å². The molecule has 1 heterocycles. The fraction of sp³-hybridized carbons (Fsp3) is 0.308. The van der Waals surface area contributed by atoms with Gasteiger partial charge in [-0.1, -0.05) is 12.1 Å². The third-order valence-electron chi connectivity index (χ3n) is 2.80. The van der Waals surface area contributed by atoms with Crippen molar-refractivity contribution in [3.8, 4) is 16.9 Å². The van der Waals surface area contributed by atoms with Crippen LogP contribution in [0.25, 0.3) is 11.1 Å². The van der Waals surface area contributed by atoms with E-state index in [-0.39, 0.29) is 0 Å². The first kappa shape index (κ1) is 11.2. The molecule has 0 unspecified atom stereocenters. The second-order valence-electron chi connectivity index (χ2n) is 4.33. The predicted octanol–water partition coefficient (Wildman–Crippen LogP) is 3.49. The average molecular weight is 250 g/mol. The maximum Gasteiger partial charge on any atom is 0.333 e. The summed E-state index contributed by atoms with van der Waals surface area (Å²) in [6.07, 6.45) is 5.27. The molecule has 0 spiro atoms. The zero-order valence-electron chi connectivity index (χ0n) is 9.59. The van der Waals surface area contributed by atoms with E-state index in [0.717, 1.165) is 24.2 Å². The van der Waals surface area contributed by atoms with Gasteiger partial charge in [0.05, 0.1) is 12.3 Å². The molecule has 0 aliphatic heterocycles. The van der Waals surface area contributed by atoms with Crippen LogP contribution < -0.4 is 4.74 Å². The van der Waals surface area contributed by atoms with Gasteiger partial charge >= 0.3 is 6.55 Å². The van der Waals surface area contributed by atoms with Crippen LogP contribution in [0, 0.1) is 0 Å². The molecule has 3 rings (SSSR count). The maximum absolute atomic E-state index is 12.4. The van der Waals surface area contributed by atoms with E-state index in [0.29, 0.717) is 16.3 Å². The van der Waals surface area contributed by atoms with Gasteiger partial charge in [0.15, 0.2) is 0 Å².